The summed E-state index contributed by atoms with van der Waals surface area (Å²) in [5.74, 6) is 1.84. The number of rotatable bonds is 4. The molecule has 8 heteroatoms. The molecule has 1 aliphatic heterocycles. The Balaban J connectivity index is 1.74. The maximum atomic E-state index is 10.5. The summed E-state index contributed by atoms with van der Waals surface area (Å²) < 4.78 is 10.6. The van der Waals surface area contributed by atoms with E-state index in [2.05, 4.69) is 9.97 Å². The number of aromatic amines is 1. The van der Waals surface area contributed by atoms with Crippen molar-refractivity contribution in [1.82, 2.24) is 9.97 Å². The lowest BCUT2D eigenvalue weighted by Gasteiger charge is -2.21. The van der Waals surface area contributed by atoms with Crippen LogP contribution in [0.5, 0.6) is 11.5 Å². The quantitative estimate of drug-likeness (QED) is 0.632. The second-order valence-electron chi connectivity index (χ2n) is 6.04. The monoisotopic (exact) mass is 384 g/mol. The standard InChI is InChI=1S/C19H17ClN4O3/c1-26-11-4-5-12-13(8-11)23-19(22-12)17-15(25)9-24(18(17)21)14-7-10(20)3-6-16(14)27-2/h3-8,21,25H,9H2,1-2H3,(H,22,23). The molecule has 2 aromatic carbocycles. The first-order chi connectivity index (χ1) is 13.0. The number of aliphatic hydroxyl groups excluding tert-OH is 1. The molecule has 0 amide bonds. The lowest BCUT2D eigenvalue weighted by molar-refractivity contribution is 0.406. The van der Waals surface area contributed by atoms with Gasteiger partial charge in [0.1, 0.15) is 28.9 Å². The number of nitrogens with zero attached hydrogens (tertiary/aromatic N) is 2. The molecule has 0 saturated carbocycles. The van der Waals surface area contributed by atoms with Crippen molar-refractivity contribution in [3.63, 3.8) is 0 Å². The minimum atomic E-state index is 0.0491. The molecule has 4 rings (SSSR count). The van der Waals surface area contributed by atoms with Crippen molar-refractivity contribution in [2.24, 2.45) is 0 Å². The number of amidine groups is 1. The summed E-state index contributed by atoms with van der Waals surface area (Å²) in [4.78, 5) is 9.28. The molecule has 27 heavy (non-hydrogen) atoms. The van der Waals surface area contributed by atoms with Gasteiger partial charge in [0.25, 0.3) is 0 Å². The molecule has 1 aromatic heterocycles. The number of imidazole rings is 1. The fraction of sp³-hybridized carbons (Fsp3) is 0.158. The van der Waals surface area contributed by atoms with E-state index in [1.165, 1.54) is 0 Å². The summed E-state index contributed by atoms with van der Waals surface area (Å²) in [7, 11) is 3.14. The lowest BCUT2D eigenvalue weighted by Crippen LogP contribution is -2.26. The van der Waals surface area contributed by atoms with E-state index < -0.39 is 0 Å². The number of aliphatic hydroxyl groups is 1. The first-order valence-electron chi connectivity index (χ1n) is 8.18. The molecule has 0 radical (unpaired) electrons. The van der Waals surface area contributed by atoms with Gasteiger partial charge in [-0.1, -0.05) is 11.6 Å². The van der Waals surface area contributed by atoms with Crippen molar-refractivity contribution in [2.45, 2.75) is 0 Å². The van der Waals surface area contributed by atoms with Crippen molar-refractivity contribution < 1.29 is 14.6 Å². The van der Waals surface area contributed by atoms with Crippen LogP contribution in [-0.2, 0) is 0 Å². The maximum Gasteiger partial charge on any atom is 0.145 e. The van der Waals surface area contributed by atoms with Crippen LogP contribution in [-0.4, -0.2) is 41.7 Å². The highest BCUT2D eigenvalue weighted by molar-refractivity contribution is 6.32. The minimum Gasteiger partial charge on any atom is -0.509 e. The van der Waals surface area contributed by atoms with Gasteiger partial charge in [-0.25, -0.2) is 4.98 Å². The zero-order valence-corrected chi connectivity index (χ0v) is 15.5. The number of methoxy groups -OCH3 is 2. The SMILES string of the molecule is COc1ccc2nc(C3=C(O)CN(c4cc(Cl)ccc4OC)C3=N)[nH]c2c1. The third-order valence-electron chi connectivity index (χ3n) is 4.46. The van der Waals surface area contributed by atoms with Gasteiger partial charge in [-0.15, -0.1) is 0 Å². The van der Waals surface area contributed by atoms with Gasteiger partial charge in [-0.05, 0) is 30.3 Å². The normalized spacial score (nSPS) is 14.3. The molecule has 7 nitrogen and oxygen atoms in total. The van der Waals surface area contributed by atoms with Gasteiger partial charge in [0.15, 0.2) is 0 Å². The first-order valence-corrected chi connectivity index (χ1v) is 8.56. The number of hydrogen-bond donors (Lipinski definition) is 3. The van der Waals surface area contributed by atoms with Crippen molar-refractivity contribution in [2.75, 3.05) is 25.7 Å². The van der Waals surface area contributed by atoms with Crippen LogP contribution >= 0.6 is 11.6 Å². The predicted octanol–water partition coefficient (Wildman–Crippen LogP) is 4.00. The van der Waals surface area contributed by atoms with Gasteiger partial charge in [-0.3, -0.25) is 5.41 Å². The molecular weight excluding hydrogens is 368 g/mol. The zero-order chi connectivity index (χ0) is 19.1. The molecule has 0 saturated heterocycles. The van der Waals surface area contributed by atoms with Crippen LogP contribution in [0.3, 0.4) is 0 Å². The van der Waals surface area contributed by atoms with Crippen molar-refractivity contribution >= 4 is 39.7 Å². The summed E-state index contributed by atoms with van der Waals surface area (Å²) in [6.07, 6.45) is 0. The van der Waals surface area contributed by atoms with Crippen LogP contribution in [0.15, 0.2) is 42.2 Å². The highest BCUT2D eigenvalue weighted by atomic mass is 35.5. The fourth-order valence-electron chi connectivity index (χ4n) is 3.14. The molecule has 0 fully saturated rings. The van der Waals surface area contributed by atoms with E-state index in [-0.39, 0.29) is 18.1 Å². The topological polar surface area (TPSA) is 94.5 Å². The van der Waals surface area contributed by atoms with Crippen LogP contribution in [0.4, 0.5) is 5.69 Å². The number of aromatic nitrogens is 2. The number of nitrogens with one attached hydrogen (secondary N) is 2. The fourth-order valence-corrected chi connectivity index (χ4v) is 3.31. The Morgan fingerprint density at radius 2 is 2.00 bits per heavy atom. The Labute approximate surface area is 160 Å². The van der Waals surface area contributed by atoms with E-state index >= 15 is 0 Å². The average Bonchev–Trinajstić information content (AvgIpc) is 3.20. The summed E-state index contributed by atoms with van der Waals surface area (Å²) >= 11 is 6.11. The minimum absolute atomic E-state index is 0.0491. The van der Waals surface area contributed by atoms with Gasteiger partial charge in [0.05, 0.1) is 43.1 Å². The number of anilines is 1. The number of benzene rings is 2. The van der Waals surface area contributed by atoms with E-state index in [1.807, 2.05) is 18.2 Å². The Morgan fingerprint density at radius 3 is 2.74 bits per heavy atom. The Kier molecular flexibility index (Phi) is 4.16. The molecule has 0 spiro atoms. The Morgan fingerprint density at radius 1 is 1.19 bits per heavy atom. The number of fused-ring (bicyclic) bond motifs is 1. The lowest BCUT2D eigenvalue weighted by atomic mass is 10.2. The summed E-state index contributed by atoms with van der Waals surface area (Å²) in [5, 5.41) is 19.6. The van der Waals surface area contributed by atoms with Gasteiger partial charge >= 0.3 is 0 Å². The van der Waals surface area contributed by atoms with Gasteiger partial charge < -0.3 is 24.5 Å². The molecule has 3 N–H and O–H groups in total. The van der Waals surface area contributed by atoms with E-state index in [0.717, 1.165) is 11.0 Å². The zero-order valence-electron chi connectivity index (χ0n) is 14.7. The average molecular weight is 385 g/mol. The smallest absolute Gasteiger partial charge is 0.145 e. The number of hydrogen-bond acceptors (Lipinski definition) is 5. The number of H-pyrrole nitrogens is 1. The van der Waals surface area contributed by atoms with E-state index in [1.54, 1.807) is 37.3 Å². The molecule has 138 valence electrons. The van der Waals surface area contributed by atoms with Crippen LogP contribution in [0.2, 0.25) is 5.02 Å². The van der Waals surface area contributed by atoms with Crippen molar-refractivity contribution in [3.05, 3.63) is 53.0 Å². The van der Waals surface area contributed by atoms with Gasteiger partial charge in [0.2, 0.25) is 0 Å². The molecule has 0 unspecified atom stereocenters. The molecule has 3 aromatic rings. The third-order valence-corrected chi connectivity index (χ3v) is 4.70. The molecule has 2 heterocycles. The predicted molar refractivity (Wildman–Crippen MR) is 105 cm³/mol. The van der Waals surface area contributed by atoms with Crippen LogP contribution < -0.4 is 14.4 Å². The Bertz CT molecular complexity index is 1090. The van der Waals surface area contributed by atoms with Crippen molar-refractivity contribution in [3.8, 4) is 11.5 Å². The summed E-state index contributed by atoms with van der Waals surface area (Å²) in [6, 6.07) is 10.6. The molecule has 1 aliphatic rings. The van der Waals surface area contributed by atoms with Crippen LogP contribution in [0.1, 0.15) is 5.82 Å². The second kappa shape index (κ2) is 6.51. The van der Waals surface area contributed by atoms with Crippen LogP contribution in [0.25, 0.3) is 16.6 Å². The molecule has 0 atom stereocenters. The third kappa shape index (κ3) is 2.86. The van der Waals surface area contributed by atoms with Gasteiger partial charge in [0, 0.05) is 11.1 Å². The van der Waals surface area contributed by atoms with E-state index in [9.17, 15) is 5.11 Å². The Hall–Kier alpha value is -3.19. The van der Waals surface area contributed by atoms with E-state index in [0.29, 0.717) is 33.6 Å². The summed E-state index contributed by atoms with van der Waals surface area (Å²) in [6.45, 7) is 0.130. The van der Waals surface area contributed by atoms with Gasteiger partial charge in [-0.2, -0.15) is 0 Å². The number of halogens is 1. The first kappa shape index (κ1) is 17.2. The van der Waals surface area contributed by atoms with Crippen LogP contribution in [0, 0.1) is 5.41 Å². The highest BCUT2D eigenvalue weighted by Crippen LogP contribution is 2.37. The largest absolute Gasteiger partial charge is 0.509 e. The second-order valence-corrected chi connectivity index (χ2v) is 6.48. The molecular formula is C19H17ClN4O3. The molecule has 0 aliphatic carbocycles. The highest BCUT2D eigenvalue weighted by Gasteiger charge is 2.32. The molecule has 0 bridgehead atoms. The maximum absolute atomic E-state index is 10.5. The van der Waals surface area contributed by atoms with Crippen molar-refractivity contribution in [1.29, 1.82) is 5.41 Å². The van der Waals surface area contributed by atoms with E-state index in [4.69, 9.17) is 26.5 Å². The number of ether oxygens (including phenoxy) is 2. The summed E-state index contributed by atoms with van der Waals surface area (Å²) in [5.41, 5.74) is 2.43.